The van der Waals surface area contributed by atoms with Crippen LogP contribution in [0.1, 0.15) is 12.5 Å². The normalized spacial score (nSPS) is 14.7. The number of carbonyl (C=O) groups excluding carboxylic acids is 1. The molecular formula is C24H25ClN4O3. The monoisotopic (exact) mass is 452 g/mol. The highest BCUT2D eigenvalue weighted by molar-refractivity contribution is 6.31. The van der Waals surface area contributed by atoms with E-state index in [9.17, 15) is 4.79 Å². The van der Waals surface area contributed by atoms with E-state index in [1.807, 2.05) is 49.4 Å². The average Bonchev–Trinajstić information content (AvgIpc) is 2.82. The lowest BCUT2D eigenvalue weighted by molar-refractivity contribution is -0.122. The predicted molar refractivity (Wildman–Crippen MR) is 125 cm³/mol. The molecule has 8 heteroatoms. The molecule has 1 amide bonds. The summed E-state index contributed by atoms with van der Waals surface area (Å²) in [6.07, 6.45) is -0.674. The summed E-state index contributed by atoms with van der Waals surface area (Å²) in [5.74, 6) is 1.19. The number of rotatable bonds is 6. The average molecular weight is 453 g/mol. The van der Waals surface area contributed by atoms with Crippen molar-refractivity contribution in [3.8, 4) is 17.0 Å². The van der Waals surface area contributed by atoms with E-state index in [4.69, 9.17) is 21.1 Å². The Hall–Kier alpha value is -3.16. The largest absolute Gasteiger partial charge is 0.481 e. The second kappa shape index (κ2) is 9.97. The number of benzene rings is 2. The SMILES string of the molecule is Cc1cc(OC(C)C(=O)Nc2cccc(-c3ccc(N4CCOCC4)nn3)c2)ccc1Cl. The van der Waals surface area contributed by atoms with Gasteiger partial charge in [-0.05, 0) is 61.9 Å². The van der Waals surface area contributed by atoms with E-state index in [1.54, 1.807) is 19.1 Å². The van der Waals surface area contributed by atoms with Crippen LogP contribution in [0.3, 0.4) is 0 Å². The molecule has 1 unspecified atom stereocenters. The quantitative estimate of drug-likeness (QED) is 0.599. The van der Waals surface area contributed by atoms with Crippen LogP contribution in [0, 0.1) is 6.92 Å². The van der Waals surface area contributed by atoms with Gasteiger partial charge in [0.25, 0.3) is 5.91 Å². The fourth-order valence-electron chi connectivity index (χ4n) is 3.39. The van der Waals surface area contributed by atoms with Gasteiger partial charge in [-0.15, -0.1) is 10.2 Å². The van der Waals surface area contributed by atoms with Crippen molar-refractivity contribution < 1.29 is 14.3 Å². The Kier molecular flexibility index (Phi) is 6.87. The molecule has 1 aromatic heterocycles. The second-order valence-corrected chi connectivity index (χ2v) is 8.02. The zero-order chi connectivity index (χ0) is 22.5. The molecule has 32 heavy (non-hydrogen) atoms. The van der Waals surface area contributed by atoms with Gasteiger partial charge in [0.15, 0.2) is 11.9 Å². The first-order chi connectivity index (χ1) is 15.5. The van der Waals surface area contributed by atoms with Gasteiger partial charge in [-0.1, -0.05) is 23.7 Å². The van der Waals surface area contributed by atoms with Crippen LogP contribution in [0.15, 0.2) is 54.6 Å². The smallest absolute Gasteiger partial charge is 0.265 e. The molecule has 0 bridgehead atoms. The molecule has 1 fully saturated rings. The van der Waals surface area contributed by atoms with Gasteiger partial charge in [0.05, 0.1) is 18.9 Å². The van der Waals surface area contributed by atoms with Crippen LogP contribution in [0.25, 0.3) is 11.3 Å². The number of halogens is 1. The van der Waals surface area contributed by atoms with Gasteiger partial charge in [0.1, 0.15) is 5.75 Å². The minimum atomic E-state index is -0.674. The lowest BCUT2D eigenvalue weighted by Crippen LogP contribution is -2.36. The van der Waals surface area contributed by atoms with Crippen LogP contribution in [-0.2, 0) is 9.53 Å². The van der Waals surface area contributed by atoms with Crippen molar-refractivity contribution in [3.63, 3.8) is 0 Å². The maximum atomic E-state index is 12.6. The molecule has 1 N–H and O–H groups in total. The summed E-state index contributed by atoms with van der Waals surface area (Å²) < 4.78 is 11.1. The number of aromatic nitrogens is 2. The first-order valence-corrected chi connectivity index (χ1v) is 10.9. The molecule has 0 aliphatic carbocycles. The Morgan fingerprint density at radius 2 is 1.94 bits per heavy atom. The Bertz CT molecular complexity index is 1080. The third-order valence-corrected chi connectivity index (χ3v) is 5.65. The summed E-state index contributed by atoms with van der Waals surface area (Å²) in [7, 11) is 0. The van der Waals surface area contributed by atoms with Crippen LogP contribution in [0.4, 0.5) is 11.5 Å². The first-order valence-electron chi connectivity index (χ1n) is 10.5. The molecule has 0 radical (unpaired) electrons. The zero-order valence-electron chi connectivity index (χ0n) is 18.0. The minimum Gasteiger partial charge on any atom is -0.481 e. The molecule has 1 aliphatic rings. The van der Waals surface area contributed by atoms with E-state index in [-0.39, 0.29) is 5.91 Å². The van der Waals surface area contributed by atoms with Gasteiger partial charge in [-0.2, -0.15) is 0 Å². The Morgan fingerprint density at radius 1 is 1.12 bits per heavy atom. The Labute approximate surface area is 192 Å². The fourth-order valence-corrected chi connectivity index (χ4v) is 3.51. The molecular weight excluding hydrogens is 428 g/mol. The van der Waals surface area contributed by atoms with Gasteiger partial charge in [0.2, 0.25) is 0 Å². The molecule has 1 atom stereocenters. The van der Waals surface area contributed by atoms with E-state index in [0.717, 1.165) is 35.7 Å². The van der Waals surface area contributed by atoms with E-state index in [1.165, 1.54) is 0 Å². The van der Waals surface area contributed by atoms with Crippen molar-refractivity contribution in [2.75, 3.05) is 36.5 Å². The topological polar surface area (TPSA) is 76.6 Å². The molecule has 7 nitrogen and oxygen atoms in total. The van der Waals surface area contributed by atoms with Crippen molar-refractivity contribution in [1.82, 2.24) is 10.2 Å². The number of amides is 1. The number of morpholine rings is 1. The van der Waals surface area contributed by atoms with E-state index < -0.39 is 6.10 Å². The number of aryl methyl sites for hydroxylation is 1. The molecule has 166 valence electrons. The Balaban J connectivity index is 1.41. The van der Waals surface area contributed by atoms with Gasteiger partial charge in [-0.25, -0.2) is 0 Å². The maximum Gasteiger partial charge on any atom is 0.265 e. The molecule has 1 saturated heterocycles. The highest BCUT2D eigenvalue weighted by atomic mass is 35.5. The summed E-state index contributed by atoms with van der Waals surface area (Å²) in [6.45, 7) is 6.62. The van der Waals surface area contributed by atoms with Gasteiger partial charge >= 0.3 is 0 Å². The van der Waals surface area contributed by atoms with Crippen LogP contribution < -0.4 is 15.0 Å². The van der Waals surface area contributed by atoms with Gasteiger partial charge < -0.3 is 19.7 Å². The molecule has 0 spiro atoms. The highest BCUT2D eigenvalue weighted by Gasteiger charge is 2.16. The number of nitrogens with zero attached hydrogens (tertiary/aromatic N) is 3. The van der Waals surface area contributed by atoms with Gasteiger partial charge in [0, 0.05) is 29.4 Å². The molecule has 2 heterocycles. The van der Waals surface area contributed by atoms with Crippen molar-refractivity contribution in [1.29, 1.82) is 0 Å². The maximum absolute atomic E-state index is 12.6. The number of carbonyl (C=O) groups is 1. The second-order valence-electron chi connectivity index (χ2n) is 7.62. The third kappa shape index (κ3) is 5.36. The highest BCUT2D eigenvalue weighted by Crippen LogP contribution is 2.24. The third-order valence-electron chi connectivity index (χ3n) is 5.22. The number of nitrogens with one attached hydrogen (secondary N) is 1. The summed E-state index contributed by atoms with van der Waals surface area (Å²) in [6, 6.07) is 16.7. The summed E-state index contributed by atoms with van der Waals surface area (Å²) in [5, 5.41) is 12.3. The summed E-state index contributed by atoms with van der Waals surface area (Å²) in [5.41, 5.74) is 3.16. The summed E-state index contributed by atoms with van der Waals surface area (Å²) >= 11 is 6.05. The minimum absolute atomic E-state index is 0.247. The lowest BCUT2D eigenvalue weighted by Gasteiger charge is -2.27. The zero-order valence-corrected chi connectivity index (χ0v) is 18.8. The van der Waals surface area contributed by atoms with Crippen molar-refractivity contribution >= 4 is 29.0 Å². The first kappa shape index (κ1) is 22.0. The number of anilines is 2. The van der Waals surface area contributed by atoms with E-state index in [0.29, 0.717) is 29.7 Å². The fraction of sp³-hybridized carbons (Fsp3) is 0.292. The number of hydrogen-bond acceptors (Lipinski definition) is 6. The van der Waals surface area contributed by atoms with E-state index >= 15 is 0 Å². The van der Waals surface area contributed by atoms with Crippen LogP contribution >= 0.6 is 11.6 Å². The predicted octanol–water partition coefficient (Wildman–Crippen LogP) is 4.35. The van der Waals surface area contributed by atoms with Gasteiger partial charge in [-0.3, -0.25) is 4.79 Å². The van der Waals surface area contributed by atoms with Crippen molar-refractivity contribution in [2.24, 2.45) is 0 Å². The van der Waals surface area contributed by atoms with E-state index in [2.05, 4.69) is 20.4 Å². The van der Waals surface area contributed by atoms with Crippen molar-refractivity contribution in [2.45, 2.75) is 20.0 Å². The Morgan fingerprint density at radius 3 is 2.66 bits per heavy atom. The molecule has 2 aromatic carbocycles. The molecule has 4 rings (SSSR count). The van der Waals surface area contributed by atoms with Crippen LogP contribution in [0.5, 0.6) is 5.75 Å². The molecule has 1 aliphatic heterocycles. The van der Waals surface area contributed by atoms with Crippen LogP contribution in [0.2, 0.25) is 5.02 Å². The number of hydrogen-bond donors (Lipinski definition) is 1. The van der Waals surface area contributed by atoms with Crippen molar-refractivity contribution in [3.05, 3.63) is 65.2 Å². The lowest BCUT2D eigenvalue weighted by atomic mass is 10.1. The molecule has 0 saturated carbocycles. The standard InChI is InChI=1S/C24H25ClN4O3/c1-16-14-20(6-7-21(16)25)32-17(2)24(30)26-19-5-3-4-18(15-19)22-8-9-23(28-27-22)29-10-12-31-13-11-29/h3-9,14-15,17H,10-13H2,1-2H3,(H,26,30). The van der Waals surface area contributed by atoms with Crippen LogP contribution in [-0.4, -0.2) is 48.5 Å². The summed E-state index contributed by atoms with van der Waals surface area (Å²) in [4.78, 5) is 14.8. The number of ether oxygens (including phenoxy) is 2. The molecule has 3 aromatic rings.